The third kappa shape index (κ3) is 5.26. The summed E-state index contributed by atoms with van der Waals surface area (Å²) in [7, 11) is 0. The molecule has 0 saturated carbocycles. The maximum atomic E-state index is 13.4. The molecule has 3 aromatic rings. The van der Waals surface area contributed by atoms with E-state index in [-0.39, 0.29) is 16.9 Å². The van der Waals surface area contributed by atoms with Crippen molar-refractivity contribution in [3.8, 4) is 17.2 Å². The van der Waals surface area contributed by atoms with E-state index in [1.807, 2.05) is 24.3 Å². The molecule has 0 atom stereocenters. The summed E-state index contributed by atoms with van der Waals surface area (Å²) in [5.41, 5.74) is 6.58. The highest BCUT2D eigenvalue weighted by Gasteiger charge is 2.14. The predicted molar refractivity (Wildman–Crippen MR) is 115 cm³/mol. The number of hydrogen-bond acceptors (Lipinski definition) is 5. The zero-order valence-corrected chi connectivity index (χ0v) is 16.9. The number of amides is 1. The van der Waals surface area contributed by atoms with Crippen molar-refractivity contribution in [2.24, 2.45) is 0 Å². The second kappa shape index (κ2) is 9.73. The number of pyridine rings is 1. The molecular weight excluding hydrogens is 385 g/mol. The Labute approximate surface area is 174 Å². The van der Waals surface area contributed by atoms with Crippen LogP contribution in [0.2, 0.25) is 0 Å². The highest BCUT2D eigenvalue weighted by molar-refractivity contribution is 6.07. The maximum Gasteiger partial charge on any atom is 0.259 e. The van der Waals surface area contributed by atoms with Gasteiger partial charge in [-0.05, 0) is 55.8 Å². The van der Waals surface area contributed by atoms with Crippen molar-refractivity contribution in [1.29, 1.82) is 0 Å². The lowest BCUT2D eigenvalue weighted by atomic mass is 10.1. The van der Waals surface area contributed by atoms with E-state index in [4.69, 9.17) is 15.2 Å². The molecule has 0 aliphatic rings. The van der Waals surface area contributed by atoms with Crippen molar-refractivity contribution in [3.05, 3.63) is 71.7 Å². The van der Waals surface area contributed by atoms with Gasteiger partial charge in [-0.15, -0.1) is 0 Å². The van der Waals surface area contributed by atoms with E-state index in [0.717, 1.165) is 12.8 Å². The SMILES string of the molecule is CCCCOc1ccccc1Oc1ccc(NC(=O)c2cc(C)c(F)nc2N)cc1. The average molecular weight is 409 g/mol. The lowest BCUT2D eigenvalue weighted by Crippen LogP contribution is -2.16. The zero-order chi connectivity index (χ0) is 21.5. The van der Waals surface area contributed by atoms with Crippen LogP contribution in [0, 0.1) is 12.9 Å². The Hall–Kier alpha value is -3.61. The molecule has 0 unspecified atom stereocenters. The minimum Gasteiger partial charge on any atom is -0.490 e. The van der Waals surface area contributed by atoms with Crippen molar-refractivity contribution in [2.75, 3.05) is 17.7 Å². The molecule has 6 nitrogen and oxygen atoms in total. The lowest BCUT2D eigenvalue weighted by molar-refractivity contribution is 0.102. The number of para-hydroxylation sites is 2. The van der Waals surface area contributed by atoms with E-state index in [1.54, 1.807) is 24.3 Å². The number of aryl methyl sites for hydroxylation is 1. The van der Waals surface area contributed by atoms with Gasteiger partial charge in [0.15, 0.2) is 11.5 Å². The third-order valence-corrected chi connectivity index (χ3v) is 4.37. The first-order valence-corrected chi connectivity index (χ1v) is 9.71. The number of ether oxygens (including phenoxy) is 2. The van der Waals surface area contributed by atoms with Crippen LogP contribution in [-0.4, -0.2) is 17.5 Å². The Morgan fingerprint density at radius 2 is 1.83 bits per heavy atom. The highest BCUT2D eigenvalue weighted by atomic mass is 19.1. The largest absolute Gasteiger partial charge is 0.490 e. The summed E-state index contributed by atoms with van der Waals surface area (Å²) in [4.78, 5) is 16.0. The Morgan fingerprint density at radius 3 is 2.53 bits per heavy atom. The third-order valence-electron chi connectivity index (χ3n) is 4.37. The van der Waals surface area contributed by atoms with Crippen LogP contribution in [0.15, 0.2) is 54.6 Å². The summed E-state index contributed by atoms with van der Waals surface area (Å²) >= 11 is 0. The summed E-state index contributed by atoms with van der Waals surface area (Å²) in [5, 5.41) is 2.72. The number of rotatable bonds is 8. The second-order valence-corrected chi connectivity index (χ2v) is 6.76. The number of hydrogen-bond donors (Lipinski definition) is 2. The molecule has 30 heavy (non-hydrogen) atoms. The van der Waals surface area contributed by atoms with Gasteiger partial charge in [0.2, 0.25) is 5.95 Å². The van der Waals surface area contributed by atoms with Gasteiger partial charge in [-0.1, -0.05) is 25.5 Å². The molecule has 1 amide bonds. The van der Waals surface area contributed by atoms with E-state index < -0.39 is 11.9 Å². The second-order valence-electron chi connectivity index (χ2n) is 6.76. The molecule has 0 aliphatic heterocycles. The van der Waals surface area contributed by atoms with Crippen LogP contribution in [0.3, 0.4) is 0 Å². The van der Waals surface area contributed by atoms with Gasteiger partial charge in [0.05, 0.1) is 12.2 Å². The van der Waals surface area contributed by atoms with E-state index in [0.29, 0.717) is 29.5 Å². The topological polar surface area (TPSA) is 86.5 Å². The van der Waals surface area contributed by atoms with Crippen molar-refractivity contribution in [2.45, 2.75) is 26.7 Å². The van der Waals surface area contributed by atoms with E-state index in [1.165, 1.54) is 13.0 Å². The van der Waals surface area contributed by atoms with Gasteiger partial charge in [0, 0.05) is 11.3 Å². The highest BCUT2D eigenvalue weighted by Crippen LogP contribution is 2.32. The van der Waals surface area contributed by atoms with E-state index in [9.17, 15) is 9.18 Å². The minimum absolute atomic E-state index is 0.118. The van der Waals surface area contributed by atoms with Gasteiger partial charge >= 0.3 is 0 Å². The quantitative estimate of drug-likeness (QED) is 0.388. The fraction of sp³-hybridized carbons (Fsp3) is 0.217. The van der Waals surface area contributed by atoms with Crippen molar-refractivity contribution in [3.63, 3.8) is 0 Å². The van der Waals surface area contributed by atoms with Gasteiger partial charge < -0.3 is 20.5 Å². The van der Waals surface area contributed by atoms with Crippen molar-refractivity contribution >= 4 is 17.4 Å². The van der Waals surface area contributed by atoms with Gasteiger partial charge in [-0.3, -0.25) is 4.79 Å². The van der Waals surface area contributed by atoms with Crippen LogP contribution < -0.4 is 20.5 Å². The number of carbonyl (C=O) groups is 1. The molecule has 156 valence electrons. The van der Waals surface area contributed by atoms with Crippen molar-refractivity contribution in [1.82, 2.24) is 4.98 Å². The minimum atomic E-state index is -0.690. The van der Waals surface area contributed by atoms with Crippen LogP contribution in [0.5, 0.6) is 17.2 Å². The smallest absolute Gasteiger partial charge is 0.259 e. The number of unbranched alkanes of at least 4 members (excludes halogenated alkanes) is 1. The molecule has 1 aromatic heterocycles. The van der Waals surface area contributed by atoms with Crippen LogP contribution >= 0.6 is 0 Å². The maximum absolute atomic E-state index is 13.4. The Kier molecular flexibility index (Phi) is 6.85. The van der Waals surface area contributed by atoms with Gasteiger partial charge in [0.25, 0.3) is 5.91 Å². The molecule has 0 radical (unpaired) electrons. The van der Waals surface area contributed by atoms with Crippen LogP contribution in [0.1, 0.15) is 35.7 Å². The average Bonchev–Trinajstić information content (AvgIpc) is 2.73. The number of nitrogen functional groups attached to an aromatic ring is 1. The molecule has 0 aliphatic carbocycles. The molecular formula is C23H24FN3O3. The zero-order valence-electron chi connectivity index (χ0n) is 16.9. The Morgan fingerprint density at radius 1 is 1.13 bits per heavy atom. The van der Waals surface area contributed by atoms with Crippen LogP contribution in [0.4, 0.5) is 15.9 Å². The molecule has 7 heteroatoms. The molecule has 3 N–H and O–H groups in total. The molecule has 2 aromatic carbocycles. The summed E-state index contributed by atoms with van der Waals surface area (Å²) in [6.07, 6.45) is 2.02. The molecule has 1 heterocycles. The molecule has 0 spiro atoms. The number of halogens is 1. The van der Waals surface area contributed by atoms with E-state index in [2.05, 4.69) is 17.2 Å². The number of nitrogens with two attached hydrogens (primary N) is 1. The van der Waals surface area contributed by atoms with Crippen LogP contribution in [0.25, 0.3) is 0 Å². The number of benzene rings is 2. The monoisotopic (exact) mass is 409 g/mol. The van der Waals surface area contributed by atoms with Crippen LogP contribution in [-0.2, 0) is 0 Å². The number of anilines is 2. The molecule has 0 bridgehead atoms. The van der Waals surface area contributed by atoms with Crippen molar-refractivity contribution < 1.29 is 18.7 Å². The number of nitrogens with zero attached hydrogens (tertiary/aromatic N) is 1. The first-order chi connectivity index (χ1) is 14.5. The fourth-order valence-corrected chi connectivity index (χ4v) is 2.70. The summed E-state index contributed by atoms with van der Waals surface area (Å²) in [5.74, 6) is 0.577. The normalized spacial score (nSPS) is 10.5. The molecule has 0 fully saturated rings. The Balaban J connectivity index is 1.67. The predicted octanol–water partition coefficient (Wildman–Crippen LogP) is 5.33. The molecule has 3 rings (SSSR count). The summed E-state index contributed by atoms with van der Waals surface area (Å²) < 4.78 is 25.1. The van der Waals surface area contributed by atoms with Gasteiger partial charge in [0.1, 0.15) is 11.6 Å². The number of aromatic nitrogens is 1. The summed E-state index contributed by atoms with van der Waals surface area (Å²) in [6, 6.07) is 15.7. The van der Waals surface area contributed by atoms with Gasteiger partial charge in [-0.25, -0.2) is 4.98 Å². The first kappa shape index (κ1) is 21.1. The van der Waals surface area contributed by atoms with E-state index >= 15 is 0 Å². The fourth-order valence-electron chi connectivity index (χ4n) is 2.70. The summed E-state index contributed by atoms with van der Waals surface area (Å²) in [6.45, 7) is 4.26. The Bertz CT molecular complexity index is 1020. The first-order valence-electron chi connectivity index (χ1n) is 9.71. The standard InChI is InChI=1S/C23H24FN3O3/c1-3-4-13-29-19-7-5-6-8-20(19)30-17-11-9-16(10-12-17)26-23(28)18-14-15(2)21(24)27-22(18)25/h5-12,14H,3-4,13H2,1-2H3,(H2,25,27)(H,26,28). The van der Waals surface area contributed by atoms with Gasteiger partial charge in [-0.2, -0.15) is 4.39 Å². The lowest BCUT2D eigenvalue weighted by Gasteiger charge is -2.13. The number of carbonyl (C=O) groups excluding carboxylic acids is 1. The molecule has 0 saturated heterocycles. The number of nitrogens with one attached hydrogen (secondary N) is 1.